The number of hydrazine groups is 1. The highest BCUT2D eigenvalue weighted by Crippen LogP contribution is 2.30. The van der Waals surface area contributed by atoms with E-state index in [0.717, 1.165) is 28.7 Å². The van der Waals surface area contributed by atoms with Crippen molar-refractivity contribution in [3.8, 4) is 5.75 Å². The van der Waals surface area contributed by atoms with E-state index in [1.165, 1.54) is 11.1 Å². The number of nitrogens with one attached hydrogen (secondary N) is 3. The first kappa shape index (κ1) is 19.0. The molecule has 4 rings (SSSR count). The van der Waals surface area contributed by atoms with Crippen LogP contribution in [0.1, 0.15) is 35.4 Å². The third-order valence-electron chi connectivity index (χ3n) is 5.13. The second-order valence-corrected chi connectivity index (χ2v) is 7.76. The fourth-order valence-electron chi connectivity index (χ4n) is 3.71. The molecule has 3 N–H and O–H groups in total. The summed E-state index contributed by atoms with van der Waals surface area (Å²) in [5.41, 5.74) is 9.52. The van der Waals surface area contributed by atoms with Crippen molar-refractivity contribution in [1.82, 2.24) is 20.7 Å². The Labute approximate surface area is 172 Å². The molecule has 1 saturated heterocycles. The quantitative estimate of drug-likeness (QED) is 0.563. The Bertz CT molecular complexity index is 1000. The number of hydrogen-bond acceptors (Lipinski definition) is 4. The molecule has 3 aromatic rings. The Morgan fingerprint density at radius 2 is 2.00 bits per heavy atom. The zero-order chi connectivity index (χ0) is 19.7. The highest BCUT2D eigenvalue weighted by Gasteiger charge is 2.29. The van der Waals surface area contributed by atoms with E-state index < -0.39 is 0 Å². The largest absolute Gasteiger partial charge is 0.497 e. The number of carbonyl (C=O) groups is 1. The molecule has 0 saturated carbocycles. The second-order valence-electron chi connectivity index (χ2n) is 6.85. The van der Waals surface area contributed by atoms with Crippen LogP contribution in [0.25, 0.3) is 10.9 Å². The number of ether oxygens (including phenoxy) is 1. The van der Waals surface area contributed by atoms with Crippen LogP contribution in [0.15, 0.2) is 53.0 Å². The minimum atomic E-state index is -0.140. The number of hydrogen-bond donors (Lipinski definition) is 3. The van der Waals surface area contributed by atoms with E-state index in [1.807, 2.05) is 30.3 Å². The number of carbonyl (C=O) groups excluding carboxylic acids is 1. The fourth-order valence-corrected chi connectivity index (χ4v) is 3.98. The number of halogens is 1. The van der Waals surface area contributed by atoms with Crippen LogP contribution in [-0.2, 0) is 6.54 Å². The highest BCUT2D eigenvalue weighted by molar-refractivity contribution is 9.10. The molecule has 1 aromatic heterocycles. The molecule has 2 unspecified atom stereocenters. The van der Waals surface area contributed by atoms with Crippen molar-refractivity contribution in [3.63, 3.8) is 0 Å². The molecule has 0 radical (unpaired) electrons. The van der Waals surface area contributed by atoms with E-state index in [-0.39, 0.29) is 18.1 Å². The van der Waals surface area contributed by atoms with Gasteiger partial charge in [0.05, 0.1) is 24.8 Å². The van der Waals surface area contributed by atoms with Gasteiger partial charge in [0.2, 0.25) is 0 Å². The zero-order valence-corrected chi connectivity index (χ0v) is 17.4. The van der Waals surface area contributed by atoms with Gasteiger partial charge < -0.3 is 14.6 Å². The molecule has 1 amide bonds. The van der Waals surface area contributed by atoms with Crippen molar-refractivity contribution in [2.75, 3.05) is 7.11 Å². The molecule has 0 spiro atoms. The average Bonchev–Trinajstić information content (AvgIpc) is 3.31. The van der Waals surface area contributed by atoms with Crippen LogP contribution in [0.5, 0.6) is 5.75 Å². The summed E-state index contributed by atoms with van der Waals surface area (Å²) in [5.74, 6) is 0.761. The lowest BCUT2D eigenvalue weighted by Gasteiger charge is -2.14. The number of rotatable bonds is 5. The minimum Gasteiger partial charge on any atom is -0.497 e. The van der Waals surface area contributed by atoms with Crippen molar-refractivity contribution in [2.24, 2.45) is 0 Å². The summed E-state index contributed by atoms with van der Waals surface area (Å²) in [4.78, 5) is 12.5. The van der Waals surface area contributed by atoms with Gasteiger partial charge in [0.25, 0.3) is 5.91 Å². The Morgan fingerprint density at radius 3 is 2.71 bits per heavy atom. The van der Waals surface area contributed by atoms with Crippen molar-refractivity contribution < 1.29 is 9.53 Å². The molecule has 1 aliphatic heterocycles. The molecule has 2 atom stereocenters. The third-order valence-corrected chi connectivity index (χ3v) is 5.66. The van der Waals surface area contributed by atoms with E-state index in [1.54, 1.807) is 7.11 Å². The van der Waals surface area contributed by atoms with Crippen LogP contribution in [0, 0.1) is 0 Å². The summed E-state index contributed by atoms with van der Waals surface area (Å²) in [7, 11) is 1.68. The summed E-state index contributed by atoms with van der Waals surface area (Å²) in [5, 5.41) is 4.23. The maximum absolute atomic E-state index is 12.5. The van der Waals surface area contributed by atoms with E-state index >= 15 is 0 Å². The first-order valence-electron chi connectivity index (χ1n) is 9.33. The van der Waals surface area contributed by atoms with Crippen LogP contribution in [0.4, 0.5) is 0 Å². The molecule has 6 nitrogen and oxygen atoms in total. The molecule has 2 aromatic carbocycles. The van der Waals surface area contributed by atoms with Gasteiger partial charge in [-0.25, -0.2) is 10.9 Å². The van der Waals surface area contributed by atoms with Crippen molar-refractivity contribution in [2.45, 2.75) is 32.1 Å². The van der Waals surface area contributed by atoms with Gasteiger partial charge in [-0.2, -0.15) is 0 Å². The average molecular weight is 443 g/mol. The first-order chi connectivity index (χ1) is 13.6. The summed E-state index contributed by atoms with van der Waals surface area (Å²) < 4.78 is 8.62. The number of amides is 1. The van der Waals surface area contributed by atoms with Crippen LogP contribution < -0.4 is 20.9 Å². The van der Waals surface area contributed by atoms with E-state index in [2.05, 4.69) is 61.8 Å². The molecule has 2 heterocycles. The predicted octanol–water partition coefficient (Wildman–Crippen LogP) is 3.73. The van der Waals surface area contributed by atoms with Crippen molar-refractivity contribution in [3.05, 3.63) is 64.3 Å². The van der Waals surface area contributed by atoms with Crippen LogP contribution >= 0.6 is 15.9 Å². The molecule has 1 fully saturated rings. The van der Waals surface area contributed by atoms with Gasteiger partial charge >= 0.3 is 0 Å². The SMILES string of the molecule is CCn1c(C2CC(NC(=O)c3ccc(Br)cc3)NN2)cc2ccc(OC)cc21. The van der Waals surface area contributed by atoms with Gasteiger partial charge in [-0.3, -0.25) is 4.79 Å². The lowest BCUT2D eigenvalue weighted by Crippen LogP contribution is -2.44. The minimum absolute atomic E-state index is 0.0896. The zero-order valence-electron chi connectivity index (χ0n) is 15.8. The van der Waals surface area contributed by atoms with Gasteiger partial charge in [0, 0.05) is 40.1 Å². The molecule has 7 heteroatoms. The number of aromatic nitrogens is 1. The number of aryl methyl sites for hydroxylation is 1. The molecule has 28 heavy (non-hydrogen) atoms. The molecule has 1 aliphatic rings. The summed E-state index contributed by atoms with van der Waals surface area (Å²) in [6.07, 6.45) is 0.620. The maximum Gasteiger partial charge on any atom is 0.252 e. The molecule has 146 valence electrons. The van der Waals surface area contributed by atoms with Gasteiger partial charge in [0.1, 0.15) is 5.75 Å². The topological polar surface area (TPSA) is 67.3 Å². The van der Waals surface area contributed by atoms with Crippen molar-refractivity contribution >= 4 is 32.7 Å². The lowest BCUT2D eigenvalue weighted by molar-refractivity contribution is 0.0932. The second kappa shape index (κ2) is 7.95. The third kappa shape index (κ3) is 3.65. The molecule has 0 aliphatic carbocycles. The summed E-state index contributed by atoms with van der Waals surface area (Å²) >= 11 is 3.39. The van der Waals surface area contributed by atoms with E-state index in [0.29, 0.717) is 5.56 Å². The number of benzene rings is 2. The summed E-state index contributed by atoms with van der Waals surface area (Å²) in [6, 6.07) is 15.8. The van der Waals surface area contributed by atoms with Gasteiger partial charge in [0.15, 0.2) is 0 Å². The Kier molecular flexibility index (Phi) is 5.39. The predicted molar refractivity (Wildman–Crippen MR) is 113 cm³/mol. The molecule has 0 bridgehead atoms. The first-order valence-corrected chi connectivity index (χ1v) is 10.1. The number of methoxy groups -OCH3 is 1. The molecular formula is C21H23BrN4O2. The van der Waals surface area contributed by atoms with Crippen LogP contribution in [0.2, 0.25) is 0 Å². The van der Waals surface area contributed by atoms with Gasteiger partial charge in [-0.1, -0.05) is 15.9 Å². The Balaban J connectivity index is 1.51. The van der Waals surface area contributed by atoms with Crippen molar-refractivity contribution in [1.29, 1.82) is 0 Å². The highest BCUT2D eigenvalue weighted by atomic mass is 79.9. The monoisotopic (exact) mass is 442 g/mol. The van der Waals surface area contributed by atoms with E-state index in [9.17, 15) is 4.79 Å². The van der Waals surface area contributed by atoms with Crippen LogP contribution in [-0.4, -0.2) is 23.7 Å². The maximum atomic E-state index is 12.5. The van der Waals surface area contributed by atoms with Crippen LogP contribution in [0.3, 0.4) is 0 Å². The standard InChI is InChI=1S/C21H23BrN4O2/c1-3-26-18-11-16(28-2)9-6-14(18)10-19(26)17-12-20(25-24-17)23-21(27)13-4-7-15(22)8-5-13/h4-11,17,20,24-25H,3,12H2,1-2H3,(H,23,27). The lowest BCUT2D eigenvalue weighted by atomic mass is 10.1. The smallest absolute Gasteiger partial charge is 0.252 e. The Morgan fingerprint density at radius 1 is 1.21 bits per heavy atom. The normalized spacial score (nSPS) is 19.1. The van der Waals surface area contributed by atoms with E-state index in [4.69, 9.17) is 4.74 Å². The number of fused-ring (bicyclic) bond motifs is 1. The molecular weight excluding hydrogens is 420 g/mol. The number of nitrogens with zero attached hydrogens (tertiary/aromatic N) is 1. The Hall–Kier alpha value is -2.35. The van der Waals surface area contributed by atoms with Gasteiger partial charge in [-0.05, 0) is 49.4 Å². The summed E-state index contributed by atoms with van der Waals surface area (Å²) in [6.45, 7) is 3.00. The van der Waals surface area contributed by atoms with Gasteiger partial charge in [-0.15, -0.1) is 0 Å². The fraction of sp³-hybridized carbons (Fsp3) is 0.286.